The lowest BCUT2D eigenvalue weighted by Gasteiger charge is -2.27. The lowest BCUT2D eigenvalue weighted by molar-refractivity contribution is 0.0696. The van der Waals surface area contributed by atoms with Crippen molar-refractivity contribution >= 4 is 23.4 Å². The molecule has 0 aliphatic carbocycles. The van der Waals surface area contributed by atoms with E-state index in [1.54, 1.807) is 25.1 Å². The third-order valence-corrected chi connectivity index (χ3v) is 4.06. The van der Waals surface area contributed by atoms with E-state index in [1.165, 1.54) is 6.07 Å². The monoisotopic (exact) mass is 355 g/mol. The van der Waals surface area contributed by atoms with Gasteiger partial charge in [-0.15, -0.1) is 0 Å². The predicted octanol–water partition coefficient (Wildman–Crippen LogP) is 3.97. The van der Waals surface area contributed by atoms with Gasteiger partial charge in [0.05, 0.1) is 5.56 Å². The van der Waals surface area contributed by atoms with E-state index < -0.39 is 5.97 Å². The topological polar surface area (TPSA) is 82.5 Å². The van der Waals surface area contributed by atoms with Crippen LogP contribution in [0.15, 0.2) is 36.4 Å². The minimum absolute atomic E-state index is 0.218. The van der Waals surface area contributed by atoms with Crippen LogP contribution < -0.4 is 10.2 Å². The fourth-order valence-electron chi connectivity index (χ4n) is 2.76. The number of rotatable bonds is 7. The number of aryl methyl sites for hydroxylation is 1. The normalized spacial score (nSPS) is 10.7. The van der Waals surface area contributed by atoms with E-state index in [0.29, 0.717) is 16.9 Å². The maximum Gasteiger partial charge on any atom is 0.335 e. The van der Waals surface area contributed by atoms with Crippen LogP contribution in [0.1, 0.15) is 53.6 Å². The molecule has 0 aliphatic rings. The van der Waals surface area contributed by atoms with Crippen molar-refractivity contribution < 1.29 is 14.7 Å². The molecule has 0 spiro atoms. The molecule has 0 atom stereocenters. The average molecular weight is 355 g/mol. The van der Waals surface area contributed by atoms with Crippen LogP contribution in [0, 0.1) is 6.92 Å². The number of amides is 1. The molecule has 26 heavy (non-hydrogen) atoms. The molecular formula is C20H25N3O3. The minimum Gasteiger partial charge on any atom is -0.478 e. The largest absolute Gasteiger partial charge is 0.478 e. The van der Waals surface area contributed by atoms with Gasteiger partial charge in [-0.1, -0.05) is 13.0 Å². The lowest BCUT2D eigenvalue weighted by Crippen LogP contribution is -2.32. The fourth-order valence-corrected chi connectivity index (χ4v) is 2.76. The summed E-state index contributed by atoms with van der Waals surface area (Å²) in [5.41, 5.74) is 1.67. The third kappa shape index (κ3) is 4.59. The number of carboxylic acid groups (broad SMARTS) is 1. The van der Waals surface area contributed by atoms with Gasteiger partial charge in [-0.05, 0) is 63.1 Å². The molecule has 6 nitrogen and oxygen atoms in total. The molecule has 1 aromatic carbocycles. The van der Waals surface area contributed by atoms with Gasteiger partial charge in [0.2, 0.25) is 0 Å². The number of anilines is 2. The quantitative estimate of drug-likeness (QED) is 0.785. The highest BCUT2D eigenvalue weighted by atomic mass is 16.4. The van der Waals surface area contributed by atoms with E-state index in [4.69, 9.17) is 5.11 Å². The second kappa shape index (κ2) is 8.47. The number of pyridine rings is 1. The Hall–Kier alpha value is -2.89. The second-order valence-electron chi connectivity index (χ2n) is 6.46. The number of carbonyl (C=O) groups is 2. The van der Waals surface area contributed by atoms with Gasteiger partial charge in [0.1, 0.15) is 11.5 Å². The molecule has 1 amide bonds. The van der Waals surface area contributed by atoms with Gasteiger partial charge in [0, 0.05) is 18.3 Å². The van der Waals surface area contributed by atoms with Crippen molar-refractivity contribution in [2.75, 3.05) is 16.8 Å². The number of hydrogen-bond acceptors (Lipinski definition) is 4. The number of nitrogens with zero attached hydrogens (tertiary/aromatic N) is 2. The zero-order chi connectivity index (χ0) is 19.3. The number of aromatic nitrogens is 1. The van der Waals surface area contributed by atoms with Crippen LogP contribution in [0.5, 0.6) is 0 Å². The first-order valence-electron chi connectivity index (χ1n) is 8.72. The van der Waals surface area contributed by atoms with Gasteiger partial charge >= 0.3 is 5.97 Å². The van der Waals surface area contributed by atoms with Crippen LogP contribution in [-0.4, -0.2) is 34.6 Å². The zero-order valence-corrected chi connectivity index (χ0v) is 15.6. The molecule has 0 saturated heterocycles. The smallest absolute Gasteiger partial charge is 0.335 e. The second-order valence-corrected chi connectivity index (χ2v) is 6.46. The van der Waals surface area contributed by atoms with E-state index in [2.05, 4.69) is 36.0 Å². The molecule has 2 rings (SSSR count). The van der Waals surface area contributed by atoms with Crippen molar-refractivity contribution in [2.45, 2.75) is 40.2 Å². The average Bonchev–Trinajstić information content (AvgIpc) is 2.59. The molecule has 6 heteroatoms. The van der Waals surface area contributed by atoms with Crippen molar-refractivity contribution in [3.8, 4) is 0 Å². The summed E-state index contributed by atoms with van der Waals surface area (Å²) in [6.45, 7) is 8.86. The standard InChI is InChI=1S/C20H25N3O3/c1-5-11-23(13(2)3)18-8-6-7-17(22-18)19(24)21-15-9-10-16(20(25)26)14(4)12-15/h6-10,12-13H,5,11H2,1-4H3,(H,21,24)(H,25,26). The van der Waals surface area contributed by atoms with Gasteiger partial charge < -0.3 is 15.3 Å². The highest BCUT2D eigenvalue weighted by Crippen LogP contribution is 2.18. The van der Waals surface area contributed by atoms with Crippen LogP contribution in [0.3, 0.4) is 0 Å². The van der Waals surface area contributed by atoms with E-state index >= 15 is 0 Å². The molecule has 0 fully saturated rings. The Labute approximate surface area is 153 Å². The predicted molar refractivity (Wildman–Crippen MR) is 103 cm³/mol. The summed E-state index contributed by atoms with van der Waals surface area (Å²) in [5.74, 6) is -0.541. The van der Waals surface area contributed by atoms with Gasteiger partial charge in [0.15, 0.2) is 0 Å². The maximum absolute atomic E-state index is 12.5. The minimum atomic E-state index is -0.987. The van der Waals surface area contributed by atoms with Crippen molar-refractivity contribution in [3.63, 3.8) is 0 Å². The van der Waals surface area contributed by atoms with Gasteiger partial charge in [0.25, 0.3) is 5.91 Å². The summed E-state index contributed by atoms with van der Waals surface area (Å²) in [5, 5.41) is 11.9. The number of hydrogen-bond donors (Lipinski definition) is 2. The third-order valence-electron chi connectivity index (χ3n) is 4.06. The first kappa shape index (κ1) is 19.4. The number of carboxylic acids is 1. The number of nitrogens with one attached hydrogen (secondary N) is 1. The van der Waals surface area contributed by atoms with Crippen molar-refractivity contribution in [1.82, 2.24) is 4.98 Å². The highest BCUT2D eigenvalue weighted by Gasteiger charge is 2.15. The van der Waals surface area contributed by atoms with Crippen molar-refractivity contribution in [2.24, 2.45) is 0 Å². The van der Waals surface area contributed by atoms with Crippen LogP contribution >= 0.6 is 0 Å². The Balaban J connectivity index is 2.21. The molecule has 0 unspecified atom stereocenters. The molecule has 0 radical (unpaired) electrons. The first-order chi connectivity index (χ1) is 12.3. The molecule has 0 bridgehead atoms. The Bertz CT molecular complexity index is 803. The van der Waals surface area contributed by atoms with Crippen LogP contribution in [0.4, 0.5) is 11.5 Å². The molecule has 0 saturated carbocycles. The molecule has 0 aliphatic heterocycles. The summed E-state index contributed by atoms with van der Waals surface area (Å²) in [6.07, 6.45) is 0.992. The Kier molecular flexibility index (Phi) is 6.33. The molecule has 1 aromatic heterocycles. The molecular weight excluding hydrogens is 330 g/mol. The van der Waals surface area contributed by atoms with Gasteiger partial charge in [-0.25, -0.2) is 9.78 Å². The van der Waals surface area contributed by atoms with E-state index in [1.807, 2.05) is 12.1 Å². The fraction of sp³-hybridized carbons (Fsp3) is 0.350. The number of aromatic carboxylic acids is 1. The summed E-state index contributed by atoms with van der Waals surface area (Å²) in [4.78, 5) is 30.3. The summed E-state index contributed by atoms with van der Waals surface area (Å²) in [6, 6.07) is 10.4. The molecule has 138 valence electrons. The van der Waals surface area contributed by atoms with Crippen molar-refractivity contribution in [1.29, 1.82) is 0 Å². The highest BCUT2D eigenvalue weighted by molar-refractivity contribution is 6.03. The molecule has 2 N–H and O–H groups in total. The summed E-state index contributed by atoms with van der Waals surface area (Å²) in [7, 11) is 0. The van der Waals surface area contributed by atoms with Crippen LogP contribution in [-0.2, 0) is 0 Å². The van der Waals surface area contributed by atoms with E-state index in [-0.39, 0.29) is 17.5 Å². The van der Waals surface area contributed by atoms with Crippen LogP contribution in [0.25, 0.3) is 0 Å². The van der Waals surface area contributed by atoms with Gasteiger partial charge in [-0.2, -0.15) is 0 Å². The number of carbonyl (C=O) groups excluding carboxylic acids is 1. The Morgan fingerprint density at radius 1 is 1.23 bits per heavy atom. The van der Waals surface area contributed by atoms with E-state index in [9.17, 15) is 9.59 Å². The van der Waals surface area contributed by atoms with Gasteiger partial charge in [-0.3, -0.25) is 4.79 Å². The maximum atomic E-state index is 12.5. The van der Waals surface area contributed by atoms with Crippen LogP contribution in [0.2, 0.25) is 0 Å². The summed E-state index contributed by atoms with van der Waals surface area (Å²) >= 11 is 0. The SMILES string of the molecule is CCCN(c1cccc(C(=O)Nc2ccc(C(=O)O)c(C)c2)n1)C(C)C. The van der Waals surface area contributed by atoms with E-state index in [0.717, 1.165) is 18.8 Å². The Morgan fingerprint density at radius 3 is 2.54 bits per heavy atom. The first-order valence-corrected chi connectivity index (χ1v) is 8.72. The number of benzene rings is 1. The zero-order valence-electron chi connectivity index (χ0n) is 15.6. The Morgan fingerprint density at radius 2 is 1.96 bits per heavy atom. The molecule has 2 aromatic rings. The molecule has 1 heterocycles. The lowest BCUT2D eigenvalue weighted by atomic mass is 10.1. The van der Waals surface area contributed by atoms with Crippen molar-refractivity contribution in [3.05, 3.63) is 53.2 Å². The summed E-state index contributed by atoms with van der Waals surface area (Å²) < 4.78 is 0.